The maximum atomic E-state index is 12.8. The smallest absolute Gasteiger partial charge is 0.268 e. The minimum absolute atomic E-state index is 0.00170. The number of nitrogens with one attached hydrogen (secondary N) is 1. The topological polar surface area (TPSA) is 108 Å². The third-order valence-corrected chi connectivity index (χ3v) is 11.2. The molecule has 0 heterocycles. The molecule has 0 aliphatic heterocycles. The first-order valence-electron chi connectivity index (χ1n) is 22.6. The number of aliphatic hydroxyl groups is 1. The van der Waals surface area contributed by atoms with Crippen LogP contribution < -0.4 is 10.2 Å². The molecule has 9 heteroatoms. The van der Waals surface area contributed by atoms with Crippen LogP contribution >= 0.6 is 7.82 Å². The molecule has 0 aromatic heterocycles. The molecule has 0 saturated heterocycles. The lowest BCUT2D eigenvalue weighted by atomic mass is 10.0. The molecule has 0 aromatic carbocycles. The predicted octanol–water partition coefficient (Wildman–Crippen LogP) is 11.7. The van der Waals surface area contributed by atoms with Gasteiger partial charge in [0.1, 0.15) is 13.2 Å². The maximum absolute atomic E-state index is 12.8. The van der Waals surface area contributed by atoms with Crippen LogP contribution in [0.2, 0.25) is 0 Å². The van der Waals surface area contributed by atoms with Gasteiger partial charge < -0.3 is 28.8 Å². The lowest BCUT2D eigenvalue weighted by molar-refractivity contribution is -0.870. The molecule has 0 aromatic rings. The van der Waals surface area contributed by atoms with Crippen molar-refractivity contribution in [1.29, 1.82) is 0 Å². The first-order valence-corrected chi connectivity index (χ1v) is 24.0. The molecule has 0 aliphatic rings. The van der Waals surface area contributed by atoms with Gasteiger partial charge in [-0.05, 0) is 19.3 Å². The number of phosphoric ester groups is 1. The molecule has 2 N–H and O–H groups in total. The van der Waals surface area contributed by atoms with Crippen molar-refractivity contribution in [2.75, 3.05) is 40.9 Å². The number of hydrogen-bond donors (Lipinski definition) is 2. The average Bonchev–Trinajstić information content (AvgIpc) is 3.10. The van der Waals surface area contributed by atoms with Crippen LogP contribution in [-0.2, 0) is 18.4 Å². The summed E-state index contributed by atoms with van der Waals surface area (Å²) in [5.74, 6) is -0.196. The second-order valence-corrected chi connectivity index (χ2v) is 18.2. The van der Waals surface area contributed by atoms with Crippen LogP contribution in [0.3, 0.4) is 0 Å². The molecule has 0 fully saturated rings. The van der Waals surface area contributed by atoms with Crippen LogP contribution in [0, 0.1) is 0 Å². The van der Waals surface area contributed by atoms with Gasteiger partial charge in [-0.25, -0.2) is 0 Å². The first kappa shape index (κ1) is 52.2. The Bertz CT molecular complexity index is 880. The largest absolute Gasteiger partial charge is 0.756 e. The zero-order valence-corrected chi connectivity index (χ0v) is 36.6. The summed E-state index contributed by atoms with van der Waals surface area (Å²) in [6, 6.07) is -0.878. The fraction of sp³-hybridized carbons (Fsp3) is 0.932. The fourth-order valence-electron chi connectivity index (χ4n) is 6.62. The molecule has 0 radical (unpaired) electrons. The second-order valence-electron chi connectivity index (χ2n) is 16.8. The lowest BCUT2D eigenvalue weighted by Crippen LogP contribution is -2.45. The molecule has 3 atom stereocenters. The van der Waals surface area contributed by atoms with Gasteiger partial charge in [0.2, 0.25) is 5.91 Å². The Morgan fingerprint density at radius 2 is 1.02 bits per heavy atom. The van der Waals surface area contributed by atoms with Gasteiger partial charge >= 0.3 is 0 Å². The Morgan fingerprint density at radius 3 is 1.42 bits per heavy atom. The van der Waals surface area contributed by atoms with Crippen molar-refractivity contribution < 1.29 is 32.9 Å². The van der Waals surface area contributed by atoms with Crippen LogP contribution in [0.25, 0.3) is 0 Å². The standard InChI is InChI=1S/C44H89N2O6P/c1-6-8-10-12-14-16-17-18-19-20-21-22-23-24-25-26-27-28-30-32-34-36-38-44(48)45-42(41-52-53(49,50)51-40-39-46(3,4)5)43(47)37-35-33-31-29-15-13-11-9-7-2/h35,37,42-43,47H,6-34,36,38-41H2,1-5H3,(H-,45,48,49,50)/b37-35+/t42-,43+/m0/s1. The molecule has 0 rings (SSSR count). The van der Waals surface area contributed by atoms with E-state index in [1.165, 1.54) is 154 Å². The second kappa shape index (κ2) is 36.9. The number of hydrogen-bond acceptors (Lipinski definition) is 6. The average molecular weight is 773 g/mol. The fourth-order valence-corrected chi connectivity index (χ4v) is 7.35. The summed E-state index contributed by atoms with van der Waals surface area (Å²) in [6.45, 7) is 4.63. The molecule has 1 amide bonds. The van der Waals surface area contributed by atoms with E-state index in [0.29, 0.717) is 17.4 Å². The van der Waals surface area contributed by atoms with Gasteiger partial charge in [-0.3, -0.25) is 9.36 Å². The van der Waals surface area contributed by atoms with Gasteiger partial charge in [0.25, 0.3) is 7.82 Å². The summed E-state index contributed by atoms with van der Waals surface area (Å²) < 4.78 is 23.1. The number of aliphatic hydroxyl groups excluding tert-OH is 1. The highest BCUT2D eigenvalue weighted by Gasteiger charge is 2.23. The van der Waals surface area contributed by atoms with E-state index >= 15 is 0 Å². The monoisotopic (exact) mass is 773 g/mol. The van der Waals surface area contributed by atoms with E-state index in [1.54, 1.807) is 6.08 Å². The molecule has 0 aliphatic carbocycles. The molecule has 1 unspecified atom stereocenters. The highest BCUT2D eigenvalue weighted by Crippen LogP contribution is 2.38. The minimum Gasteiger partial charge on any atom is -0.756 e. The molecule has 316 valence electrons. The summed E-state index contributed by atoms with van der Waals surface area (Å²) in [6.07, 6.45) is 41.3. The van der Waals surface area contributed by atoms with Crippen LogP contribution in [-0.4, -0.2) is 68.5 Å². The zero-order chi connectivity index (χ0) is 39.3. The highest BCUT2D eigenvalue weighted by molar-refractivity contribution is 7.45. The van der Waals surface area contributed by atoms with E-state index < -0.39 is 20.0 Å². The van der Waals surface area contributed by atoms with Crippen molar-refractivity contribution in [2.24, 2.45) is 0 Å². The number of nitrogens with zero attached hydrogens (tertiary/aromatic N) is 1. The van der Waals surface area contributed by atoms with E-state index in [2.05, 4.69) is 19.2 Å². The molecule has 0 saturated carbocycles. The molecular formula is C44H89N2O6P. The molecule has 0 bridgehead atoms. The number of carbonyl (C=O) groups is 1. The zero-order valence-electron chi connectivity index (χ0n) is 35.7. The minimum atomic E-state index is -4.57. The van der Waals surface area contributed by atoms with Crippen LogP contribution in [0.15, 0.2) is 12.2 Å². The van der Waals surface area contributed by atoms with E-state index in [4.69, 9.17) is 9.05 Å². The maximum Gasteiger partial charge on any atom is 0.268 e. The van der Waals surface area contributed by atoms with Gasteiger partial charge in [0.15, 0.2) is 0 Å². The summed E-state index contributed by atoms with van der Waals surface area (Å²) >= 11 is 0. The van der Waals surface area contributed by atoms with Crippen molar-refractivity contribution in [3.05, 3.63) is 12.2 Å². The predicted molar refractivity (Wildman–Crippen MR) is 224 cm³/mol. The number of likely N-dealkylation sites (N-methyl/N-ethyl adjacent to an activating group) is 1. The number of rotatable bonds is 41. The number of phosphoric acid groups is 1. The Balaban J connectivity index is 4.18. The van der Waals surface area contributed by atoms with Gasteiger partial charge in [0.05, 0.1) is 39.9 Å². The summed E-state index contributed by atoms with van der Waals surface area (Å²) in [5.41, 5.74) is 0. The number of unbranched alkanes of at least 4 members (excludes halogenated alkanes) is 28. The van der Waals surface area contributed by atoms with Crippen molar-refractivity contribution in [3.8, 4) is 0 Å². The molecule has 8 nitrogen and oxygen atoms in total. The highest BCUT2D eigenvalue weighted by atomic mass is 31.2. The number of carbonyl (C=O) groups excluding carboxylic acids is 1. The molecule has 0 spiro atoms. The number of allylic oxidation sites excluding steroid dienone is 1. The van der Waals surface area contributed by atoms with Gasteiger partial charge in [-0.15, -0.1) is 0 Å². The number of quaternary nitrogens is 1. The Kier molecular flexibility index (Phi) is 36.3. The van der Waals surface area contributed by atoms with Gasteiger partial charge in [-0.2, -0.15) is 0 Å². The van der Waals surface area contributed by atoms with E-state index in [-0.39, 0.29) is 19.1 Å². The lowest BCUT2D eigenvalue weighted by Gasteiger charge is -2.29. The van der Waals surface area contributed by atoms with E-state index in [0.717, 1.165) is 38.5 Å². The van der Waals surface area contributed by atoms with Crippen molar-refractivity contribution in [3.63, 3.8) is 0 Å². The molecular weight excluding hydrogens is 683 g/mol. The van der Waals surface area contributed by atoms with Crippen molar-refractivity contribution >= 4 is 13.7 Å². The third kappa shape index (κ3) is 39.3. The van der Waals surface area contributed by atoms with Gasteiger partial charge in [-0.1, -0.05) is 199 Å². The van der Waals surface area contributed by atoms with Crippen molar-refractivity contribution in [1.82, 2.24) is 5.32 Å². The Morgan fingerprint density at radius 1 is 0.642 bits per heavy atom. The quantitative estimate of drug-likeness (QED) is 0.0277. The summed E-state index contributed by atoms with van der Waals surface area (Å²) in [7, 11) is 1.27. The summed E-state index contributed by atoms with van der Waals surface area (Å²) in [5, 5.41) is 13.7. The summed E-state index contributed by atoms with van der Waals surface area (Å²) in [4.78, 5) is 25.2. The van der Waals surface area contributed by atoms with Crippen LogP contribution in [0.1, 0.15) is 213 Å². The Hall–Kier alpha value is -0.760. The van der Waals surface area contributed by atoms with Gasteiger partial charge in [0, 0.05) is 6.42 Å². The van der Waals surface area contributed by atoms with E-state index in [1.807, 2.05) is 27.2 Å². The third-order valence-electron chi connectivity index (χ3n) is 10.2. The molecule has 53 heavy (non-hydrogen) atoms. The van der Waals surface area contributed by atoms with Crippen LogP contribution in [0.5, 0.6) is 0 Å². The number of amides is 1. The Labute approximate surface area is 329 Å². The van der Waals surface area contributed by atoms with Crippen molar-refractivity contribution in [2.45, 2.75) is 225 Å². The van der Waals surface area contributed by atoms with E-state index in [9.17, 15) is 19.4 Å². The SMILES string of the molecule is CCCCCCCCC/C=C/[C@@H](O)[C@H](COP(=O)([O-])OCC[N+](C)(C)C)NC(=O)CCCCCCCCCCCCCCCCCCCCCCCC. The first-order chi connectivity index (χ1) is 25.5. The normalized spacial score (nSPS) is 14.5. The van der Waals surface area contributed by atoms with Crippen LogP contribution in [0.4, 0.5) is 0 Å².